The molecule has 5 nitrogen and oxygen atoms in total. The van der Waals surface area contributed by atoms with E-state index in [0.29, 0.717) is 5.56 Å². The predicted molar refractivity (Wildman–Crippen MR) is 131 cm³/mol. The molecule has 34 heavy (non-hydrogen) atoms. The lowest BCUT2D eigenvalue weighted by Crippen LogP contribution is -2.40. The molecule has 180 valence electrons. The van der Waals surface area contributed by atoms with Crippen molar-refractivity contribution in [1.82, 2.24) is 5.32 Å². The van der Waals surface area contributed by atoms with Crippen molar-refractivity contribution in [1.29, 1.82) is 0 Å². The molecule has 0 saturated heterocycles. The molecule has 0 unspecified atom stereocenters. The number of urea groups is 1. The first-order valence-electron chi connectivity index (χ1n) is 9.99. The van der Waals surface area contributed by atoms with Gasteiger partial charge in [-0.3, -0.25) is 4.79 Å². The number of thiophene rings is 1. The molecule has 0 atom stereocenters. The highest BCUT2D eigenvalue weighted by Crippen LogP contribution is 2.39. The first-order chi connectivity index (χ1) is 15.9. The molecule has 2 aromatic carbocycles. The van der Waals surface area contributed by atoms with Crippen LogP contribution in [-0.4, -0.2) is 18.0 Å². The van der Waals surface area contributed by atoms with E-state index in [2.05, 4.69) is 16.0 Å². The normalized spacial score (nSPS) is 11.9. The van der Waals surface area contributed by atoms with Gasteiger partial charge in [-0.05, 0) is 66.1 Å². The number of rotatable bonds is 6. The molecule has 0 saturated carbocycles. The second-order valence-electron chi connectivity index (χ2n) is 7.63. The summed E-state index contributed by atoms with van der Waals surface area (Å²) in [5.41, 5.74) is 0.938. The third kappa shape index (κ3) is 6.22. The first-order valence-corrected chi connectivity index (χ1v) is 11.7. The maximum absolute atomic E-state index is 13.0. The molecule has 0 radical (unpaired) electrons. The molecule has 3 aromatic rings. The van der Waals surface area contributed by atoms with Gasteiger partial charge in [-0.15, -0.1) is 0 Å². The molecule has 0 fully saturated rings. The topological polar surface area (TPSA) is 70.2 Å². The van der Waals surface area contributed by atoms with Gasteiger partial charge in [-0.1, -0.05) is 41.4 Å². The van der Waals surface area contributed by atoms with Crippen LogP contribution in [0.15, 0.2) is 59.3 Å². The monoisotopic (exact) mass is 529 g/mol. The summed E-state index contributed by atoms with van der Waals surface area (Å²) >= 11 is 14.1. The van der Waals surface area contributed by atoms with E-state index in [1.165, 1.54) is 29.5 Å². The van der Waals surface area contributed by atoms with Crippen LogP contribution in [0.2, 0.25) is 0 Å². The largest absolute Gasteiger partial charge is 0.416 e. The summed E-state index contributed by atoms with van der Waals surface area (Å²) in [7, 11) is 0. The van der Waals surface area contributed by atoms with Crippen LogP contribution in [0, 0.1) is 0 Å². The molecule has 0 spiro atoms. The fourth-order valence-corrected chi connectivity index (χ4v) is 4.05. The molecule has 0 aliphatic heterocycles. The molecule has 0 aliphatic rings. The summed E-state index contributed by atoms with van der Waals surface area (Å²) in [6, 6.07) is 9.79. The van der Waals surface area contributed by atoms with Crippen LogP contribution in [0.1, 0.15) is 25.0 Å². The van der Waals surface area contributed by atoms with Gasteiger partial charge in [0.2, 0.25) is 4.33 Å². The van der Waals surface area contributed by atoms with Crippen molar-refractivity contribution in [3.8, 4) is 11.1 Å². The molecule has 3 N–H and O–H groups in total. The van der Waals surface area contributed by atoms with Crippen molar-refractivity contribution >= 4 is 57.9 Å². The van der Waals surface area contributed by atoms with Crippen molar-refractivity contribution in [2.45, 2.75) is 30.4 Å². The Hall–Kier alpha value is -2.75. The maximum Gasteiger partial charge on any atom is 0.416 e. The summed E-state index contributed by atoms with van der Waals surface area (Å²) in [5.74, 6) is -0.631. The van der Waals surface area contributed by atoms with Gasteiger partial charge in [-0.25, -0.2) is 4.79 Å². The molecule has 0 bridgehead atoms. The number of halogens is 5. The number of hydrogen-bond acceptors (Lipinski definition) is 3. The van der Waals surface area contributed by atoms with E-state index in [1.807, 2.05) is 16.8 Å². The van der Waals surface area contributed by atoms with E-state index in [9.17, 15) is 22.8 Å². The highest BCUT2D eigenvalue weighted by molar-refractivity contribution is 7.08. The van der Waals surface area contributed by atoms with Crippen LogP contribution < -0.4 is 16.0 Å². The Morgan fingerprint density at radius 3 is 2.32 bits per heavy atom. The van der Waals surface area contributed by atoms with Crippen LogP contribution in [0.3, 0.4) is 0 Å². The Morgan fingerprint density at radius 2 is 1.71 bits per heavy atom. The third-order valence-electron chi connectivity index (χ3n) is 4.62. The summed E-state index contributed by atoms with van der Waals surface area (Å²) in [4.78, 5) is 25.2. The van der Waals surface area contributed by atoms with Gasteiger partial charge in [0.25, 0.3) is 5.91 Å². The first kappa shape index (κ1) is 25.9. The standard InChI is InChI=1S/C23H20Cl2F3N3O2S/c1-13(2)29-20(32)22(24,25)15-6-7-18(14-8-9-34-12-14)19(11-15)31-21(33)30-17-5-3-4-16(10-17)23(26,27)28/h3-13H,1-2H3,(H,29,32)(H2,30,31,33). The number of benzene rings is 2. The lowest BCUT2D eigenvalue weighted by atomic mass is 10.0. The number of carbonyl (C=O) groups is 2. The van der Waals surface area contributed by atoms with Gasteiger partial charge < -0.3 is 16.0 Å². The van der Waals surface area contributed by atoms with E-state index in [-0.39, 0.29) is 23.0 Å². The van der Waals surface area contributed by atoms with Crippen LogP contribution in [-0.2, 0) is 15.3 Å². The molecule has 11 heteroatoms. The van der Waals surface area contributed by atoms with E-state index >= 15 is 0 Å². The van der Waals surface area contributed by atoms with E-state index in [0.717, 1.165) is 17.7 Å². The average molecular weight is 530 g/mol. The van der Waals surface area contributed by atoms with Crippen LogP contribution in [0.4, 0.5) is 29.3 Å². The molecule has 0 aliphatic carbocycles. The quantitative estimate of drug-likeness (QED) is 0.294. The number of alkyl halides is 5. The molecule has 1 aromatic heterocycles. The fraction of sp³-hybridized carbons (Fsp3) is 0.217. The number of nitrogens with one attached hydrogen (secondary N) is 3. The zero-order chi connectivity index (χ0) is 25.1. The summed E-state index contributed by atoms with van der Waals surface area (Å²) in [6.45, 7) is 3.51. The number of anilines is 2. The van der Waals surface area contributed by atoms with E-state index in [4.69, 9.17) is 23.2 Å². The van der Waals surface area contributed by atoms with Crippen molar-refractivity contribution in [2.24, 2.45) is 0 Å². The van der Waals surface area contributed by atoms with E-state index < -0.39 is 28.0 Å². The molecular formula is C23H20Cl2F3N3O2S. The molecule has 1 heterocycles. The SMILES string of the molecule is CC(C)NC(=O)C(Cl)(Cl)c1ccc(-c2ccsc2)c(NC(=O)Nc2cccc(C(F)(F)F)c2)c1. The molecular weight excluding hydrogens is 510 g/mol. The predicted octanol–water partition coefficient (Wildman–Crippen LogP) is 7.23. The highest BCUT2D eigenvalue weighted by atomic mass is 35.5. The lowest BCUT2D eigenvalue weighted by Gasteiger charge is -2.22. The zero-order valence-corrected chi connectivity index (χ0v) is 20.3. The van der Waals surface area contributed by atoms with Crippen LogP contribution in [0.5, 0.6) is 0 Å². The lowest BCUT2D eigenvalue weighted by molar-refractivity contribution is -0.137. The van der Waals surface area contributed by atoms with Crippen molar-refractivity contribution in [2.75, 3.05) is 10.6 Å². The van der Waals surface area contributed by atoms with Crippen molar-refractivity contribution < 1.29 is 22.8 Å². The minimum absolute atomic E-state index is 0.0408. The van der Waals surface area contributed by atoms with Crippen molar-refractivity contribution in [3.05, 3.63) is 70.4 Å². The Bertz CT molecular complexity index is 1180. The molecule has 3 rings (SSSR count). The highest BCUT2D eigenvalue weighted by Gasteiger charge is 2.37. The average Bonchev–Trinajstić information content (AvgIpc) is 3.27. The minimum Gasteiger partial charge on any atom is -0.351 e. The fourth-order valence-electron chi connectivity index (χ4n) is 3.05. The summed E-state index contributed by atoms with van der Waals surface area (Å²) in [6.07, 6.45) is -4.55. The Labute approximate surface area is 208 Å². The Balaban J connectivity index is 1.92. The maximum atomic E-state index is 13.0. The molecule has 3 amide bonds. The van der Waals surface area contributed by atoms with Gasteiger partial charge >= 0.3 is 12.2 Å². The third-order valence-corrected chi connectivity index (χ3v) is 6.08. The van der Waals surface area contributed by atoms with Crippen molar-refractivity contribution in [3.63, 3.8) is 0 Å². The second-order valence-corrected chi connectivity index (χ2v) is 9.74. The van der Waals surface area contributed by atoms with Crippen LogP contribution >= 0.6 is 34.5 Å². The van der Waals surface area contributed by atoms with Gasteiger partial charge in [0.05, 0.1) is 11.3 Å². The zero-order valence-electron chi connectivity index (χ0n) is 18.0. The van der Waals surface area contributed by atoms with Crippen LogP contribution in [0.25, 0.3) is 11.1 Å². The number of amides is 3. The Morgan fingerprint density at radius 1 is 0.971 bits per heavy atom. The summed E-state index contributed by atoms with van der Waals surface area (Å²) < 4.78 is 37.0. The Kier molecular flexibility index (Phi) is 7.80. The van der Waals surface area contributed by atoms with Gasteiger partial charge in [0.15, 0.2) is 0 Å². The van der Waals surface area contributed by atoms with Gasteiger partial charge in [-0.2, -0.15) is 24.5 Å². The van der Waals surface area contributed by atoms with Gasteiger partial charge in [0, 0.05) is 17.3 Å². The minimum atomic E-state index is -4.55. The van der Waals surface area contributed by atoms with E-state index in [1.54, 1.807) is 26.0 Å². The smallest absolute Gasteiger partial charge is 0.351 e. The number of hydrogen-bond donors (Lipinski definition) is 3. The second kappa shape index (κ2) is 10.2. The number of carbonyl (C=O) groups excluding carboxylic acids is 2. The summed E-state index contributed by atoms with van der Waals surface area (Å²) in [5, 5.41) is 11.4. The van der Waals surface area contributed by atoms with Gasteiger partial charge in [0.1, 0.15) is 0 Å².